The molecule has 0 aliphatic heterocycles. The third kappa shape index (κ3) is 5.86. The Morgan fingerprint density at radius 2 is 1.71 bits per heavy atom. The van der Waals surface area contributed by atoms with Crippen LogP contribution in [0.1, 0.15) is 29.0 Å². The summed E-state index contributed by atoms with van der Waals surface area (Å²) in [6, 6.07) is 20.2. The van der Waals surface area contributed by atoms with Crippen LogP contribution in [0.4, 0.5) is 0 Å². The van der Waals surface area contributed by atoms with E-state index in [4.69, 9.17) is 20.8 Å². The van der Waals surface area contributed by atoms with Gasteiger partial charge in [-0.15, -0.1) is 5.10 Å². The topological polar surface area (TPSA) is 162 Å². The molecule has 0 aliphatic rings. The zero-order valence-electron chi connectivity index (χ0n) is 22.0. The average Bonchev–Trinajstić information content (AvgIpc) is 3.41. The fourth-order valence-electron chi connectivity index (χ4n) is 4.56. The fraction of sp³-hybridized carbons (Fsp3) is 0.200. The van der Waals surface area contributed by atoms with Gasteiger partial charge in [-0.2, -0.15) is 0 Å². The number of hydrogen-bond acceptors (Lipinski definition) is 8. The number of aliphatic carboxylic acids is 2. The summed E-state index contributed by atoms with van der Waals surface area (Å²) in [5, 5.41) is 29.0. The largest absolute Gasteiger partial charge is 0.493 e. The highest BCUT2D eigenvalue weighted by atomic mass is 35.5. The number of furan rings is 1. The number of nitrogens with zero attached hydrogens (tertiary/aromatic N) is 3. The molecule has 0 fully saturated rings. The Morgan fingerprint density at radius 1 is 0.976 bits per heavy atom. The van der Waals surface area contributed by atoms with Gasteiger partial charge < -0.3 is 19.4 Å². The minimum atomic E-state index is -2.54. The lowest BCUT2D eigenvalue weighted by molar-refractivity contribution is -0.165. The second-order valence-electron chi connectivity index (χ2n) is 9.71. The molecule has 0 unspecified atom stereocenters. The third-order valence-electron chi connectivity index (χ3n) is 7.00. The SMILES string of the molecule is O=C(CC(CCn1nnc2ccccc2c1=O)(C(=O)O)C(=O)O)c1cc2cc(OCCc3ccc(Cl)cc3)ccc2o1. The summed E-state index contributed by atoms with van der Waals surface area (Å²) >= 11 is 5.91. The number of fused-ring (bicyclic) bond motifs is 2. The highest BCUT2D eigenvalue weighted by Crippen LogP contribution is 2.32. The van der Waals surface area contributed by atoms with Crippen LogP contribution in [0.25, 0.3) is 21.9 Å². The average molecular weight is 590 g/mol. The Bertz CT molecular complexity index is 1850. The molecule has 0 atom stereocenters. The van der Waals surface area contributed by atoms with Crippen LogP contribution in [0.3, 0.4) is 0 Å². The molecule has 0 spiro atoms. The van der Waals surface area contributed by atoms with E-state index in [1.165, 1.54) is 12.1 Å². The molecule has 0 aliphatic carbocycles. The number of carbonyl (C=O) groups is 3. The van der Waals surface area contributed by atoms with Crippen LogP contribution in [0.5, 0.6) is 5.75 Å². The minimum Gasteiger partial charge on any atom is -0.493 e. The van der Waals surface area contributed by atoms with Gasteiger partial charge in [0.1, 0.15) is 16.8 Å². The fourth-order valence-corrected chi connectivity index (χ4v) is 4.69. The number of ether oxygens (including phenoxy) is 1. The molecule has 0 saturated carbocycles. The van der Waals surface area contributed by atoms with Gasteiger partial charge in [-0.05, 0) is 60.5 Å². The Labute approximate surface area is 242 Å². The molecule has 3 aromatic carbocycles. The van der Waals surface area contributed by atoms with E-state index in [-0.39, 0.29) is 17.7 Å². The summed E-state index contributed by atoms with van der Waals surface area (Å²) in [5.41, 5.74) is -1.36. The van der Waals surface area contributed by atoms with Gasteiger partial charge in [0, 0.05) is 29.8 Å². The van der Waals surface area contributed by atoms with Crippen LogP contribution in [0, 0.1) is 5.41 Å². The van der Waals surface area contributed by atoms with Gasteiger partial charge in [-0.3, -0.25) is 19.2 Å². The van der Waals surface area contributed by atoms with Gasteiger partial charge in [-0.25, -0.2) is 4.68 Å². The maximum atomic E-state index is 13.2. The Kier molecular flexibility index (Phi) is 8.03. The first kappa shape index (κ1) is 28.5. The maximum Gasteiger partial charge on any atom is 0.321 e. The molecule has 11 nitrogen and oxygen atoms in total. The predicted octanol–water partition coefficient (Wildman–Crippen LogP) is 4.63. The highest BCUT2D eigenvalue weighted by molar-refractivity contribution is 6.30. The summed E-state index contributed by atoms with van der Waals surface area (Å²) < 4.78 is 12.3. The smallest absolute Gasteiger partial charge is 0.321 e. The molecule has 12 heteroatoms. The molecular weight excluding hydrogens is 566 g/mol. The molecule has 5 aromatic rings. The van der Waals surface area contributed by atoms with Gasteiger partial charge in [-0.1, -0.05) is 41.1 Å². The van der Waals surface area contributed by atoms with Crippen molar-refractivity contribution >= 4 is 51.2 Å². The van der Waals surface area contributed by atoms with Crippen molar-refractivity contribution in [2.45, 2.75) is 25.8 Å². The number of Topliss-reactive ketones (excluding diaryl/α,β-unsaturated/α-hetero) is 1. The van der Waals surface area contributed by atoms with E-state index in [9.17, 15) is 29.4 Å². The summed E-state index contributed by atoms with van der Waals surface area (Å²) in [6.07, 6.45) is -0.854. The lowest BCUT2D eigenvalue weighted by Gasteiger charge is -2.23. The van der Waals surface area contributed by atoms with Crippen molar-refractivity contribution in [1.82, 2.24) is 15.0 Å². The van der Waals surface area contributed by atoms with Crippen molar-refractivity contribution in [2.24, 2.45) is 5.41 Å². The molecule has 2 aromatic heterocycles. The van der Waals surface area contributed by atoms with E-state index in [1.54, 1.807) is 48.5 Å². The Balaban J connectivity index is 1.31. The van der Waals surface area contributed by atoms with Crippen molar-refractivity contribution in [1.29, 1.82) is 0 Å². The Hall–Kier alpha value is -5.03. The van der Waals surface area contributed by atoms with Crippen LogP contribution in [0.2, 0.25) is 5.02 Å². The predicted molar refractivity (Wildman–Crippen MR) is 152 cm³/mol. The first-order valence-corrected chi connectivity index (χ1v) is 13.3. The van der Waals surface area contributed by atoms with Crippen molar-refractivity contribution in [3.63, 3.8) is 0 Å². The third-order valence-corrected chi connectivity index (χ3v) is 7.25. The first-order valence-electron chi connectivity index (χ1n) is 12.9. The molecule has 0 bridgehead atoms. The number of halogens is 1. The van der Waals surface area contributed by atoms with E-state index in [0.29, 0.717) is 40.3 Å². The van der Waals surface area contributed by atoms with E-state index in [1.807, 2.05) is 12.1 Å². The summed E-state index contributed by atoms with van der Waals surface area (Å²) in [6.45, 7) is 0.000585. The number of hydrogen-bond donors (Lipinski definition) is 2. The first-order chi connectivity index (χ1) is 20.2. The van der Waals surface area contributed by atoms with Gasteiger partial charge in [0.25, 0.3) is 5.56 Å². The number of aromatic nitrogens is 3. The van der Waals surface area contributed by atoms with Crippen LogP contribution < -0.4 is 10.3 Å². The monoisotopic (exact) mass is 589 g/mol. The molecule has 0 saturated heterocycles. The number of carboxylic acids is 2. The number of ketones is 1. The number of carbonyl (C=O) groups excluding carboxylic acids is 1. The number of aryl methyl sites for hydroxylation is 1. The standard InChI is InChI=1S/C30H24ClN3O8/c31-20-7-5-18(6-8-20)11-14-41-21-9-10-25-19(15-21)16-26(42-25)24(35)17-30(28(37)38,29(39)40)12-13-34-27(36)22-3-1-2-4-23(22)32-33-34/h1-10,15-16H,11-14,17H2,(H,37,38)(H,39,40). The van der Waals surface area contributed by atoms with Crippen molar-refractivity contribution in [3.05, 3.63) is 99.5 Å². The number of rotatable bonds is 12. The van der Waals surface area contributed by atoms with Crippen molar-refractivity contribution in [2.75, 3.05) is 6.61 Å². The molecule has 2 heterocycles. The van der Waals surface area contributed by atoms with Crippen LogP contribution in [0.15, 0.2) is 82.0 Å². The molecule has 2 N–H and O–H groups in total. The number of benzene rings is 3. The zero-order chi connectivity index (χ0) is 29.9. The van der Waals surface area contributed by atoms with E-state index in [2.05, 4.69) is 10.3 Å². The van der Waals surface area contributed by atoms with Crippen molar-refractivity contribution < 1.29 is 33.8 Å². The summed E-state index contributed by atoms with van der Waals surface area (Å²) in [4.78, 5) is 50.5. The maximum absolute atomic E-state index is 13.2. The number of carboxylic acid groups (broad SMARTS) is 2. The summed E-state index contributed by atoms with van der Waals surface area (Å²) in [5.74, 6) is -3.94. The normalized spacial score (nSPS) is 11.5. The van der Waals surface area contributed by atoms with E-state index in [0.717, 1.165) is 10.2 Å². The Morgan fingerprint density at radius 3 is 2.45 bits per heavy atom. The lowest BCUT2D eigenvalue weighted by Crippen LogP contribution is -2.43. The van der Waals surface area contributed by atoms with Crippen LogP contribution in [-0.4, -0.2) is 49.5 Å². The van der Waals surface area contributed by atoms with Gasteiger partial charge in [0.05, 0.1) is 12.0 Å². The minimum absolute atomic E-state index is 0.196. The lowest BCUT2D eigenvalue weighted by atomic mass is 9.79. The van der Waals surface area contributed by atoms with E-state index >= 15 is 0 Å². The molecule has 0 radical (unpaired) electrons. The molecule has 5 rings (SSSR count). The summed E-state index contributed by atoms with van der Waals surface area (Å²) in [7, 11) is 0. The van der Waals surface area contributed by atoms with Gasteiger partial charge in [0.2, 0.25) is 0 Å². The van der Waals surface area contributed by atoms with Gasteiger partial charge in [0.15, 0.2) is 17.0 Å². The quantitative estimate of drug-likeness (QED) is 0.155. The second-order valence-corrected chi connectivity index (χ2v) is 10.1. The highest BCUT2D eigenvalue weighted by Gasteiger charge is 2.48. The molecule has 214 valence electrons. The van der Waals surface area contributed by atoms with Crippen molar-refractivity contribution in [3.8, 4) is 5.75 Å². The van der Waals surface area contributed by atoms with Crippen LogP contribution >= 0.6 is 11.6 Å². The van der Waals surface area contributed by atoms with E-state index < -0.39 is 41.5 Å². The second kappa shape index (κ2) is 11.8. The molecule has 42 heavy (non-hydrogen) atoms. The van der Waals surface area contributed by atoms with Crippen LogP contribution in [-0.2, 0) is 22.6 Å². The zero-order valence-corrected chi connectivity index (χ0v) is 22.8. The molecular formula is C30H24ClN3O8. The van der Waals surface area contributed by atoms with Gasteiger partial charge >= 0.3 is 11.9 Å². The molecule has 0 amide bonds.